The standard InChI is InChI=1S/C14H18N2O2/c1-10-3-4-11-8-15(2)6-5-12-9-18-14(17)16(12)13(11)7-10/h3-4,7,12H,5-6,8-9H2,1-2H3. The molecule has 0 aliphatic carbocycles. The van der Waals surface area contributed by atoms with E-state index in [1.165, 1.54) is 11.1 Å². The van der Waals surface area contributed by atoms with E-state index in [0.29, 0.717) is 6.61 Å². The van der Waals surface area contributed by atoms with E-state index in [9.17, 15) is 4.79 Å². The van der Waals surface area contributed by atoms with Crippen molar-refractivity contribution in [2.45, 2.75) is 25.9 Å². The Morgan fingerprint density at radius 1 is 1.39 bits per heavy atom. The van der Waals surface area contributed by atoms with E-state index in [0.717, 1.165) is 25.2 Å². The average Bonchev–Trinajstić information content (AvgIpc) is 2.68. The fraction of sp³-hybridized carbons (Fsp3) is 0.500. The molecular formula is C14H18N2O2. The van der Waals surface area contributed by atoms with Crippen molar-refractivity contribution in [2.75, 3.05) is 25.1 Å². The van der Waals surface area contributed by atoms with Crippen LogP contribution in [-0.2, 0) is 11.3 Å². The van der Waals surface area contributed by atoms with Gasteiger partial charge in [0.15, 0.2) is 0 Å². The minimum Gasteiger partial charge on any atom is -0.447 e. The number of hydrogen-bond donors (Lipinski definition) is 0. The Labute approximate surface area is 107 Å². The van der Waals surface area contributed by atoms with Crippen LogP contribution in [0.15, 0.2) is 18.2 Å². The number of hydrogen-bond acceptors (Lipinski definition) is 3. The van der Waals surface area contributed by atoms with Crippen LogP contribution in [0.5, 0.6) is 0 Å². The number of cyclic esters (lactones) is 1. The Balaban J connectivity index is 2.09. The minimum absolute atomic E-state index is 0.181. The lowest BCUT2D eigenvalue weighted by Gasteiger charge is -2.30. The second kappa shape index (κ2) is 4.28. The first-order chi connectivity index (χ1) is 8.65. The number of rotatable bonds is 0. The summed E-state index contributed by atoms with van der Waals surface area (Å²) in [5.74, 6) is 0. The molecule has 1 unspecified atom stereocenters. The van der Waals surface area contributed by atoms with Crippen molar-refractivity contribution in [3.05, 3.63) is 29.3 Å². The van der Waals surface area contributed by atoms with Gasteiger partial charge in [0.2, 0.25) is 0 Å². The maximum Gasteiger partial charge on any atom is 0.414 e. The number of benzene rings is 1. The molecule has 4 nitrogen and oxygen atoms in total. The van der Waals surface area contributed by atoms with Gasteiger partial charge in [0.25, 0.3) is 0 Å². The Hall–Kier alpha value is -1.55. The van der Waals surface area contributed by atoms with Crippen LogP contribution in [0.25, 0.3) is 0 Å². The molecule has 2 aliphatic heterocycles. The summed E-state index contributed by atoms with van der Waals surface area (Å²) in [6, 6.07) is 6.49. The van der Waals surface area contributed by atoms with Gasteiger partial charge in [-0.05, 0) is 37.6 Å². The largest absolute Gasteiger partial charge is 0.447 e. The number of fused-ring (bicyclic) bond motifs is 3. The van der Waals surface area contributed by atoms with Crippen LogP contribution in [0.4, 0.5) is 10.5 Å². The van der Waals surface area contributed by atoms with Crippen molar-refractivity contribution in [3.8, 4) is 0 Å². The van der Waals surface area contributed by atoms with Crippen LogP contribution in [0.1, 0.15) is 17.5 Å². The highest BCUT2D eigenvalue weighted by atomic mass is 16.6. The highest BCUT2D eigenvalue weighted by Crippen LogP contribution is 2.31. The molecule has 1 saturated heterocycles. The molecule has 0 aromatic heterocycles. The van der Waals surface area contributed by atoms with Crippen LogP contribution in [0, 0.1) is 6.92 Å². The summed E-state index contributed by atoms with van der Waals surface area (Å²) in [6.45, 7) is 4.44. The molecule has 2 aliphatic rings. The summed E-state index contributed by atoms with van der Waals surface area (Å²) in [7, 11) is 2.12. The number of anilines is 1. The van der Waals surface area contributed by atoms with Crippen LogP contribution < -0.4 is 4.90 Å². The Morgan fingerprint density at radius 2 is 2.22 bits per heavy atom. The zero-order valence-electron chi connectivity index (χ0n) is 10.8. The maximum atomic E-state index is 11.9. The van der Waals surface area contributed by atoms with Crippen LogP contribution in [0.2, 0.25) is 0 Å². The summed E-state index contributed by atoms with van der Waals surface area (Å²) in [5, 5.41) is 0. The van der Waals surface area contributed by atoms with Crippen LogP contribution >= 0.6 is 0 Å². The van der Waals surface area contributed by atoms with Gasteiger partial charge in [0.1, 0.15) is 6.61 Å². The maximum absolute atomic E-state index is 11.9. The quantitative estimate of drug-likeness (QED) is 0.703. The molecule has 0 bridgehead atoms. The second-order valence-corrected chi connectivity index (χ2v) is 5.26. The zero-order chi connectivity index (χ0) is 12.7. The lowest BCUT2D eigenvalue weighted by molar-refractivity contribution is 0.178. The number of amides is 1. The fourth-order valence-electron chi connectivity index (χ4n) is 2.74. The van der Waals surface area contributed by atoms with Gasteiger partial charge in [-0.1, -0.05) is 12.1 Å². The molecule has 1 aromatic rings. The molecule has 18 heavy (non-hydrogen) atoms. The van der Waals surface area contributed by atoms with E-state index in [4.69, 9.17) is 4.74 Å². The van der Waals surface area contributed by atoms with Crippen LogP contribution in [-0.4, -0.2) is 37.2 Å². The number of carbonyl (C=O) groups excluding carboxylic acids is 1. The van der Waals surface area contributed by atoms with Gasteiger partial charge >= 0.3 is 6.09 Å². The molecule has 2 heterocycles. The topological polar surface area (TPSA) is 32.8 Å². The summed E-state index contributed by atoms with van der Waals surface area (Å²) in [6.07, 6.45) is 0.770. The summed E-state index contributed by atoms with van der Waals surface area (Å²) >= 11 is 0. The van der Waals surface area contributed by atoms with E-state index in [1.807, 2.05) is 4.90 Å². The van der Waals surface area contributed by atoms with E-state index in [1.54, 1.807) is 0 Å². The third kappa shape index (κ3) is 1.86. The smallest absolute Gasteiger partial charge is 0.414 e. The van der Waals surface area contributed by atoms with Crippen molar-refractivity contribution >= 4 is 11.8 Å². The molecule has 96 valence electrons. The third-order valence-electron chi connectivity index (χ3n) is 3.75. The molecule has 1 fully saturated rings. The van der Waals surface area contributed by atoms with E-state index < -0.39 is 0 Å². The van der Waals surface area contributed by atoms with Crippen molar-refractivity contribution in [1.29, 1.82) is 0 Å². The van der Waals surface area contributed by atoms with Gasteiger partial charge in [-0.3, -0.25) is 4.90 Å². The van der Waals surface area contributed by atoms with Gasteiger partial charge in [-0.15, -0.1) is 0 Å². The van der Waals surface area contributed by atoms with Gasteiger partial charge in [0.05, 0.1) is 11.7 Å². The first-order valence-corrected chi connectivity index (χ1v) is 6.39. The molecule has 0 radical (unpaired) electrons. The first kappa shape index (κ1) is 11.5. The van der Waals surface area contributed by atoms with Crippen molar-refractivity contribution < 1.29 is 9.53 Å². The predicted octanol–water partition coefficient (Wildman–Crippen LogP) is 2.16. The van der Waals surface area contributed by atoms with E-state index >= 15 is 0 Å². The lowest BCUT2D eigenvalue weighted by atomic mass is 10.0. The second-order valence-electron chi connectivity index (χ2n) is 5.26. The molecule has 0 N–H and O–H groups in total. The third-order valence-corrected chi connectivity index (χ3v) is 3.75. The highest BCUT2D eigenvalue weighted by molar-refractivity contribution is 5.91. The molecule has 0 saturated carbocycles. The fourth-order valence-corrected chi connectivity index (χ4v) is 2.74. The summed E-state index contributed by atoms with van der Waals surface area (Å²) in [4.78, 5) is 16.1. The SMILES string of the molecule is Cc1ccc2c(c1)N1C(=O)OCC1CCN(C)C2. The molecule has 4 heteroatoms. The van der Waals surface area contributed by atoms with Crippen molar-refractivity contribution in [2.24, 2.45) is 0 Å². The molecule has 0 spiro atoms. The molecular weight excluding hydrogens is 228 g/mol. The van der Waals surface area contributed by atoms with Crippen molar-refractivity contribution in [3.63, 3.8) is 0 Å². The van der Waals surface area contributed by atoms with Gasteiger partial charge in [-0.25, -0.2) is 4.79 Å². The molecule has 3 rings (SSSR count). The predicted molar refractivity (Wildman–Crippen MR) is 69.7 cm³/mol. The lowest BCUT2D eigenvalue weighted by Crippen LogP contribution is -2.39. The highest BCUT2D eigenvalue weighted by Gasteiger charge is 2.36. The molecule has 1 atom stereocenters. The number of nitrogens with zero attached hydrogens (tertiary/aromatic N) is 2. The van der Waals surface area contributed by atoms with Gasteiger partial charge < -0.3 is 9.64 Å². The Morgan fingerprint density at radius 3 is 3.06 bits per heavy atom. The molecule has 1 amide bonds. The average molecular weight is 246 g/mol. The number of carbonyl (C=O) groups is 1. The zero-order valence-corrected chi connectivity index (χ0v) is 10.8. The number of aryl methyl sites for hydroxylation is 1. The van der Waals surface area contributed by atoms with Gasteiger partial charge in [0, 0.05) is 13.1 Å². The van der Waals surface area contributed by atoms with E-state index in [2.05, 4.69) is 37.1 Å². The number of ether oxygens (including phenoxy) is 1. The molecule has 1 aromatic carbocycles. The minimum atomic E-state index is -0.198. The Bertz CT molecular complexity index is 487. The first-order valence-electron chi connectivity index (χ1n) is 6.39. The summed E-state index contributed by atoms with van der Waals surface area (Å²) < 4.78 is 5.21. The van der Waals surface area contributed by atoms with Crippen LogP contribution in [0.3, 0.4) is 0 Å². The van der Waals surface area contributed by atoms with Gasteiger partial charge in [-0.2, -0.15) is 0 Å². The normalized spacial score (nSPS) is 24.0. The Kier molecular flexibility index (Phi) is 2.74. The summed E-state index contributed by atoms with van der Waals surface area (Å²) in [5.41, 5.74) is 3.40. The van der Waals surface area contributed by atoms with Crippen molar-refractivity contribution in [1.82, 2.24) is 4.90 Å². The van der Waals surface area contributed by atoms with E-state index in [-0.39, 0.29) is 12.1 Å². The monoisotopic (exact) mass is 246 g/mol.